The predicted octanol–water partition coefficient (Wildman–Crippen LogP) is 4.43. The zero-order chi connectivity index (χ0) is 25.5. The summed E-state index contributed by atoms with van der Waals surface area (Å²) in [6.07, 6.45) is 4.77. The quantitative estimate of drug-likeness (QED) is 0.356. The summed E-state index contributed by atoms with van der Waals surface area (Å²) >= 11 is 0. The van der Waals surface area contributed by atoms with Gasteiger partial charge in [-0.2, -0.15) is 5.10 Å². The van der Waals surface area contributed by atoms with Gasteiger partial charge in [0.2, 0.25) is 0 Å². The first kappa shape index (κ1) is 22.8. The first-order valence-electron chi connectivity index (χ1n) is 12.1. The van der Waals surface area contributed by atoms with E-state index in [4.69, 9.17) is 10.5 Å². The topological polar surface area (TPSA) is 114 Å². The van der Waals surface area contributed by atoms with Gasteiger partial charge in [-0.3, -0.25) is 14.0 Å². The number of amides is 1. The Morgan fingerprint density at radius 2 is 1.92 bits per heavy atom. The zero-order valence-electron chi connectivity index (χ0n) is 20.1. The van der Waals surface area contributed by atoms with Gasteiger partial charge >= 0.3 is 0 Å². The van der Waals surface area contributed by atoms with E-state index in [1.54, 1.807) is 53.4 Å². The van der Waals surface area contributed by atoms with Gasteiger partial charge in [-0.15, -0.1) is 10.2 Å². The molecule has 0 bridgehead atoms. The van der Waals surface area contributed by atoms with Gasteiger partial charge in [0.1, 0.15) is 23.1 Å². The van der Waals surface area contributed by atoms with Crippen LogP contribution in [0.3, 0.4) is 0 Å². The number of ether oxygens (including phenoxy) is 1. The SMILES string of the molecule is CCOc1ccc(-c2nnc(C3CC(n4ncc5cccc(C(N)=O)c54)C3)n2-c2ccccc2F)nc1. The van der Waals surface area contributed by atoms with E-state index in [1.807, 2.05) is 23.7 Å². The first-order valence-corrected chi connectivity index (χ1v) is 12.1. The van der Waals surface area contributed by atoms with Crippen LogP contribution in [0.25, 0.3) is 28.1 Å². The van der Waals surface area contributed by atoms with Crippen molar-refractivity contribution in [3.05, 3.63) is 84.2 Å². The van der Waals surface area contributed by atoms with Crippen molar-refractivity contribution in [1.29, 1.82) is 0 Å². The predicted molar refractivity (Wildman–Crippen MR) is 135 cm³/mol. The minimum absolute atomic E-state index is 0.00791. The number of rotatable bonds is 7. The molecule has 3 heterocycles. The number of benzene rings is 2. The van der Waals surface area contributed by atoms with Gasteiger partial charge < -0.3 is 10.5 Å². The molecule has 1 fully saturated rings. The summed E-state index contributed by atoms with van der Waals surface area (Å²) in [5.41, 5.74) is 7.71. The molecule has 3 aromatic heterocycles. The smallest absolute Gasteiger partial charge is 0.250 e. The summed E-state index contributed by atoms with van der Waals surface area (Å²) in [6.45, 7) is 2.44. The van der Waals surface area contributed by atoms with Gasteiger partial charge in [0.05, 0.1) is 41.8 Å². The Morgan fingerprint density at radius 1 is 1.08 bits per heavy atom. The van der Waals surface area contributed by atoms with Crippen molar-refractivity contribution in [1.82, 2.24) is 29.5 Å². The molecule has 0 unspecified atom stereocenters. The van der Waals surface area contributed by atoms with Crippen molar-refractivity contribution < 1.29 is 13.9 Å². The van der Waals surface area contributed by atoms with Crippen LogP contribution in [0.5, 0.6) is 5.75 Å². The minimum Gasteiger partial charge on any atom is -0.492 e. The molecule has 5 aromatic rings. The van der Waals surface area contributed by atoms with Crippen LogP contribution in [0.1, 0.15) is 47.9 Å². The number of aromatic nitrogens is 6. The van der Waals surface area contributed by atoms with Gasteiger partial charge in [-0.1, -0.05) is 24.3 Å². The van der Waals surface area contributed by atoms with Crippen LogP contribution >= 0.6 is 0 Å². The molecular weight excluding hydrogens is 473 g/mol. The first-order chi connectivity index (χ1) is 18.0. The third-order valence-corrected chi connectivity index (χ3v) is 6.77. The Bertz CT molecular complexity index is 1600. The summed E-state index contributed by atoms with van der Waals surface area (Å²) < 4.78 is 24.1. The third-order valence-electron chi connectivity index (χ3n) is 6.77. The van der Waals surface area contributed by atoms with E-state index in [0.29, 0.717) is 53.8 Å². The fraction of sp³-hybridized carbons (Fsp3) is 0.222. The van der Waals surface area contributed by atoms with Crippen molar-refractivity contribution in [2.45, 2.75) is 31.7 Å². The van der Waals surface area contributed by atoms with E-state index in [-0.39, 0.29) is 17.8 Å². The average molecular weight is 498 g/mol. The number of halogens is 1. The second kappa shape index (κ2) is 9.12. The number of carbonyl (C=O) groups excluding carboxylic acids is 1. The van der Waals surface area contributed by atoms with Crippen LogP contribution in [0, 0.1) is 5.82 Å². The van der Waals surface area contributed by atoms with Crippen molar-refractivity contribution >= 4 is 16.8 Å². The highest BCUT2D eigenvalue weighted by molar-refractivity contribution is 6.04. The molecule has 37 heavy (non-hydrogen) atoms. The Labute approximate surface area is 211 Å². The van der Waals surface area contributed by atoms with Crippen LogP contribution < -0.4 is 10.5 Å². The minimum atomic E-state index is -0.491. The number of hydrogen-bond acceptors (Lipinski definition) is 6. The molecule has 1 amide bonds. The van der Waals surface area contributed by atoms with Crippen molar-refractivity contribution in [2.75, 3.05) is 6.61 Å². The molecule has 2 N–H and O–H groups in total. The molecule has 6 rings (SSSR count). The number of nitrogens with zero attached hydrogens (tertiary/aromatic N) is 6. The van der Waals surface area contributed by atoms with Crippen LogP contribution in [-0.2, 0) is 0 Å². The molecule has 0 saturated heterocycles. The zero-order valence-corrected chi connectivity index (χ0v) is 20.1. The van der Waals surface area contributed by atoms with E-state index in [9.17, 15) is 9.18 Å². The van der Waals surface area contributed by atoms with E-state index < -0.39 is 5.91 Å². The molecule has 0 aliphatic heterocycles. The highest BCUT2D eigenvalue weighted by Crippen LogP contribution is 2.46. The third kappa shape index (κ3) is 3.90. The molecule has 1 aliphatic rings. The lowest BCUT2D eigenvalue weighted by Gasteiger charge is -2.35. The van der Waals surface area contributed by atoms with Crippen molar-refractivity contribution in [2.24, 2.45) is 5.73 Å². The van der Waals surface area contributed by atoms with E-state index in [0.717, 1.165) is 10.9 Å². The van der Waals surface area contributed by atoms with Gasteiger partial charge in [-0.05, 0) is 50.1 Å². The number of para-hydroxylation sites is 2. The summed E-state index contributed by atoms with van der Waals surface area (Å²) in [5.74, 6) is 0.886. The number of fused-ring (bicyclic) bond motifs is 1. The Hall–Kier alpha value is -4.60. The largest absolute Gasteiger partial charge is 0.492 e. The molecule has 9 nitrogen and oxygen atoms in total. The summed E-state index contributed by atoms with van der Waals surface area (Å²) in [4.78, 5) is 16.5. The summed E-state index contributed by atoms with van der Waals surface area (Å²) in [6, 6.07) is 15.6. The molecule has 10 heteroatoms. The van der Waals surface area contributed by atoms with Crippen LogP contribution in [-0.4, -0.2) is 42.0 Å². The molecule has 0 radical (unpaired) electrons. The number of pyridine rings is 1. The standard InChI is InChI=1S/C27H24FN7O2/c1-2-37-19-10-11-22(30-15-19)27-33-32-26(34(27)23-9-4-3-8-21(23)28)17-12-18(13-17)35-24-16(14-31-35)6-5-7-20(24)25(29)36/h3-11,14-15,17-18H,2,12-13H2,1H3,(H2,29,36). The van der Waals surface area contributed by atoms with Gasteiger partial charge in [0.25, 0.3) is 5.91 Å². The average Bonchev–Trinajstić information content (AvgIpc) is 3.49. The highest BCUT2D eigenvalue weighted by Gasteiger charge is 2.38. The number of hydrogen-bond donors (Lipinski definition) is 1. The second-order valence-electron chi connectivity index (χ2n) is 9.00. The van der Waals surface area contributed by atoms with E-state index in [1.165, 1.54) is 6.07 Å². The maximum Gasteiger partial charge on any atom is 0.250 e. The normalized spacial score (nSPS) is 17.0. The molecule has 2 aromatic carbocycles. The maximum atomic E-state index is 15.0. The lowest BCUT2D eigenvalue weighted by atomic mass is 9.79. The van der Waals surface area contributed by atoms with Gasteiger partial charge in [0, 0.05) is 11.3 Å². The van der Waals surface area contributed by atoms with Gasteiger partial charge in [0.15, 0.2) is 5.82 Å². The highest BCUT2D eigenvalue weighted by atomic mass is 19.1. The lowest BCUT2D eigenvalue weighted by Crippen LogP contribution is -2.29. The molecule has 0 atom stereocenters. The molecule has 186 valence electrons. The molecule has 0 spiro atoms. The van der Waals surface area contributed by atoms with Crippen molar-refractivity contribution in [3.63, 3.8) is 0 Å². The maximum absolute atomic E-state index is 15.0. The number of nitrogens with two attached hydrogens (primary N) is 1. The Balaban J connectivity index is 1.36. The van der Waals surface area contributed by atoms with E-state index in [2.05, 4.69) is 20.3 Å². The van der Waals surface area contributed by atoms with Crippen LogP contribution in [0.4, 0.5) is 4.39 Å². The lowest BCUT2D eigenvalue weighted by molar-refractivity contribution is 0.100. The number of carbonyl (C=O) groups is 1. The molecule has 1 saturated carbocycles. The van der Waals surface area contributed by atoms with Crippen LogP contribution in [0.2, 0.25) is 0 Å². The number of primary amides is 1. The van der Waals surface area contributed by atoms with Crippen molar-refractivity contribution in [3.8, 4) is 23.0 Å². The fourth-order valence-electron chi connectivity index (χ4n) is 4.94. The second-order valence-corrected chi connectivity index (χ2v) is 9.00. The van der Waals surface area contributed by atoms with Gasteiger partial charge in [-0.25, -0.2) is 9.37 Å². The Kier molecular flexibility index (Phi) is 5.63. The van der Waals surface area contributed by atoms with E-state index >= 15 is 0 Å². The van der Waals surface area contributed by atoms with Crippen LogP contribution in [0.15, 0.2) is 67.0 Å². The monoisotopic (exact) mass is 497 g/mol. The summed E-state index contributed by atoms with van der Waals surface area (Å²) in [7, 11) is 0. The summed E-state index contributed by atoms with van der Waals surface area (Å²) in [5, 5.41) is 14.3. The molecular formula is C27H24FN7O2. The Morgan fingerprint density at radius 3 is 2.65 bits per heavy atom. The molecule has 1 aliphatic carbocycles. The fourth-order valence-corrected chi connectivity index (χ4v) is 4.94.